The molecule has 0 aromatic carbocycles. The molecule has 1 aliphatic rings. The summed E-state index contributed by atoms with van der Waals surface area (Å²) in [6.07, 6.45) is 5.68. The molecule has 1 aromatic heterocycles. The normalized spacial score (nSPS) is 18.2. The molecule has 1 aromatic rings. The lowest BCUT2D eigenvalue weighted by Gasteiger charge is -2.28. The van der Waals surface area contributed by atoms with Crippen molar-refractivity contribution in [1.82, 2.24) is 31.2 Å². The lowest BCUT2D eigenvalue weighted by Crippen LogP contribution is -2.59. The van der Waals surface area contributed by atoms with Crippen molar-refractivity contribution in [3.8, 4) is 0 Å². The van der Waals surface area contributed by atoms with Gasteiger partial charge in [-0.1, -0.05) is 20.3 Å². The zero-order valence-electron chi connectivity index (χ0n) is 21.3. The molecule has 1 fully saturated rings. The number of carbonyl (C=O) groups excluding carboxylic acids is 3. The highest BCUT2D eigenvalue weighted by Crippen LogP contribution is 2.12. The average Bonchev–Trinajstić information content (AvgIpc) is 3.57. The van der Waals surface area contributed by atoms with Crippen molar-refractivity contribution in [3.05, 3.63) is 18.2 Å². The molecule has 2 heterocycles. The SMILES string of the molecule is CCC(C)C(NC(=O)C(Cc1cnc[nH]1)NC(=O)C1CCCN1)C(=O)NC(CCCN=C(N)N)C(=O)O. The van der Waals surface area contributed by atoms with E-state index in [0.717, 1.165) is 13.0 Å². The molecule has 10 N–H and O–H groups in total. The summed E-state index contributed by atoms with van der Waals surface area (Å²) >= 11 is 0. The Balaban J connectivity index is 2.12. The molecule has 1 aliphatic heterocycles. The van der Waals surface area contributed by atoms with E-state index >= 15 is 0 Å². The van der Waals surface area contributed by atoms with Crippen LogP contribution in [0.3, 0.4) is 0 Å². The highest BCUT2D eigenvalue weighted by Gasteiger charge is 2.33. The molecule has 0 saturated carbocycles. The first-order chi connectivity index (χ1) is 17.6. The molecule has 37 heavy (non-hydrogen) atoms. The minimum Gasteiger partial charge on any atom is -0.480 e. The van der Waals surface area contributed by atoms with Crippen LogP contribution in [-0.4, -0.2) is 82.0 Å². The van der Waals surface area contributed by atoms with Gasteiger partial charge in [0.05, 0.1) is 12.4 Å². The van der Waals surface area contributed by atoms with E-state index in [0.29, 0.717) is 25.0 Å². The number of aromatic amines is 1. The monoisotopic (exact) mass is 521 g/mol. The van der Waals surface area contributed by atoms with E-state index in [2.05, 4.69) is 36.2 Å². The fraction of sp³-hybridized carbons (Fsp3) is 0.652. The van der Waals surface area contributed by atoms with Gasteiger partial charge in [-0.3, -0.25) is 19.4 Å². The van der Waals surface area contributed by atoms with Gasteiger partial charge in [0.25, 0.3) is 0 Å². The van der Waals surface area contributed by atoms with Gasteiger partial charge in [0.1, 0.15) is 18.1 Å². The second-order valence-electron chi connectivity index (χ2n) is 9.21. The molecular formula is C23H39N9O5. The zero-order chi connectivity index (χ0) is 27.4. The number of nitrogens with two attached hydrogens (primary N) is 2. The smallest absolute Gasteiger partial charge is 0.326 e. The highest BCUT2D eigenvalue weighted by molar-refractivity contribution is 5.94. The highest BCUT2D eigenvalue weighted by atomic mass is 16.4. The number of hydrogen-bond acceptors (Lipinski definition) is 7. The fourth-order valence-electron chi connectivity index (χ4n) is 3.98. The third kappa shape index (κ3) is 9.71. The second-order valence-corrected chi connectivity index (χ2v) is 9.21. The van der Waals surface area contributed by atoms with Crippen LogP contribution in [0.25, 0.3) is 0 Å². The Bertz CT molecular complexity index is 927. The number of nitrogens with zero attached hydrogens (tertiary/aromatic N) is 2. The Morgan fingerprint density at radius 2 is 1.95 bits per heavy atom. The molecule has 0 radical (unpaired) electrons. The fourth-order valence-corrected chi connectivity index (χ4v) is 3.98. The molecule has 5 atom stereocenters. The Labute approximate surface area is 215 Å². The van der Waals surface area contributed by atoms with Crippen molar-refractivity contribution in [2.24, 2.45) is 22.4 Å². The number of amides is 3. The first-order valence-corrected chi connectivity index (χ1v) is 12.5. The summed E-state index contributed by atoms with van der Waals surface area (Å²) in [5.74, 6) is -3.09. The van der Waals surface area contributed by atoms with Crippen molar-refractivity contribution >= 4 is 29.7 Å². The Morgan fingerprint density at radius 3 is 2.51 bits per heavy atom. The number of carboxylic acids is 1. The summed E-state index contributed by atoms with van der Waals surface area (Å²) in [6, 6.07) is -3.55. The van der Waals surface area contributed by atoms with Crippen molar-refractivity contribution in [2.75, 3.05) is 13.1 Å². The van der Waals surface area contributed by atoms with Gasteiger partial charge in [0.15, 0.2) is 5.96 Å². The first-order valence-electron chi connectivity index (χ1n) is 12.5. The van der Waals surface area contributed by atoms with E-state index in [1.165, 1.54) is 6.33 Å². The van der Waals surface area contributed by atoms with Crippen LogP contribution in [-0.2, 0) is 25.6 Å². The molecule has 0 aliphatic carbocycles. The summed E-state index contributed by atoms with van der Waals surface area (Å²) in [6.45, 7) is 4.58. The summed E-state index contributed by atoms with van der Waals surface area (Å²) < 4.78 is 0. The number of guanidine groups is 1. The number of carboxylic acid groups (broad SMARTS) is 1. The van der Waals surface area contributed by atoms with E-state index in [9.17, 15) is 24.3 Å². The van der Waals surface area contributed by atoms with E-state index in [-0.39, 0.29) is 43.2 Å². The van der Waals surface area contributed by atoms with Crippen LogP contribution in [0.2, 0.25) is 0 Å². The van der Waals surface area contributed by atoms with Gasteiger partial charge in [0, 0.05) is 24.9 Å². The molecule has 5 unspecified atom stereocenters. The van der Waals surface area contributed by atoms with Crippen LogP contribution in [0.5, 0.6) is 0 Å². The summed E-state index contributed by atoms with van der Waals surface area (Å²) in [5, 5.41) is 20.7. The maximum Gasteiger partial charge on any atom is 0.326 e. The van der Waals surface area contributed by atoms with Crippen LogP contribution >= 0.6 is 0 Å². The average molecular weight is 522 g/mol. The third-order valence-electron chi connectivity index (χ3n) is 6.34. The van der Waals surface area contributed by atoms with Crippen LogP contribution < -0.4 is 32.7 Å². The molecular weight excluding hydrogens is 482 g/mol. The van der Waals surface area contributed by atoms with E-state index in [4.69, 9.17) is 11.5 Å². The van der Waals surface area contributed by atoms with E-state index in [1.807, 2.05) is 6.92 Å². The van der Waals surface area contributed by atoms with Gasteiger partial charge in [0.2, 0.25) is 17.7 Å². The minimum atomic E-state index is -1.21. The number of aromatic nitrogens is 2. The summed E-state index contributed by atoms with van der Waals surface area (Å²) in [4.78, 5) is 61.6. The lowest BCUT2D eigenvalue weighted by atomic mass is 9.96. The Kier molecular flexibility index (Phi) is 11.8. The van der Waals surface area contributed by atoms with Crippen molar-refractivity contribution in [1.29, 1.82) is 0 Å². The maximum absolute atomic E-state index is 13.3. The molecule has 206 valence electrons. The van der Waals surface area contributed by atoms with Crippen LogP contribution in [0.1, 0.15) is 51.6 Å². The number of hydrogen-bond donors (Lipinski definition) is 8. The Morgan fingerprint density at radius 1 is 1.19 bits per heavy atom. The standard InChI is InChI=1S/C23H39N9O5/c1-3-13(2)18(21(35)30-16(22(36)37)7-5-9-28-23(24)25)32-20(34)17(10-14-11-26-12-29-14)31-19(33)15-6-4-8-27-15/h11-13,15-18,27H,3-10H2,1-2H3,(H,26,29)(H,30,35)(H,31,33)(H,32,34)(H,36,37)(H4,24,25,28). The summed E-state index contributed by atoms with van der Waals surface area (Å²) in [7, 11) is 0. The number of rotatable bonds is 15. The zero-order valence-corrected chi connectivity index (χ0v) is 21.3. The van der Waals surface area contributed by atoms with Gasteiger partial charge >= 0.3 is 5.97 Å². The van der Waals surface area contributed by atoms with Gasteiger partial charge in [-0.25, -0.2) is 9.78 Å². The molecule has 0 bridgehead atoms. The number of carbonyl (C=O) groups is 4. The quantitative estimate of drug-likeness (QED) is 0.0749. The predicted octanol–water partition coefficient (Wildman–Crippen LogP) is -1.66. The van der Waals surface area contributed by atoms with Crippen LogP contribution in [0.4, 0.5) is 0 Å². The van der Waals surface area contributed by atoms with Crippen molar-refractivity contribution in [2.45, 2.75) is 76.5 Å². The number of nitrogens with one attached hydrogen (secondary N) is 5. The van der Waals surface area contributed by atoms with Crippen LogP contribution in [0.15, 0.2) is 17.5 Å². The lowest BCUT2D eigenvalue weighted by molar-refractivity contribution is -0.143. The molecule has 2 rings (SSSR count). The number of aliphatic carboxylic acids is 1. The number of H-pyrrole nitrogens is 1. The molecule has 3 amide bonds. The van der Waals surface area contributed by atoms with E-state index in [1.54, 1.807) is 13.1 Å². The van der Waals surface area contributed by atoms with Gasteiger partial charge in [-0.15, -0.1) is 0 Å². The largest absolute Gasteiger partial charge is 0.480 e. The van der Waals surface area contributed by atoms with Crippen molar-refractivity contribution in [3.63, 3.8) is 0 Å². The molecule has 14 heteroatoms. The Hall–Kier alpha value is -3.68. The van der Waals surface area contributed by atoms with Crippen LogP contribution in [0, 0.1) is 5.92 Å². The molecule has 0 spiro atoms. The number of imidazole rings is 1. The molecule has 14 nitrogen and oxygen atoms in total. The predicted molar refractivity (Wildman–Crippen MR) is 136 cm³/mol. The maximum atomic E-state index is 13.3. The third-order valence-corrected chi connectivity index (χ3v) is 6.34. The van der Waals surface area contributed by atoms with E-state index < -0.39 is 35.9 Å². The van der Waals surface area contributed by atoms with Gasteiger partial charge < -0.3 is 42.8 Å². The molecule has 1 saturated heterocycles. The minimum absolute atomic E-state index is 0.101. The van der Waals surface area contributed by atoms with Gasteiger partial charge in [-0.05, 0) is 38.1 Å². The number of aliphatic imine (C=N–C) groups is 1. The topological polar surface area (TPSA) is 230 Å². The summed E-state index contributed by atoms with van der Waals surface area (Å²) in [5.41, 5.74) is 11.2. The van der Waals surface area contributed by atoms with Gasteiger partial charge in [-0.2, -0.15) is 0 Å². The van der Waals surface area contributed by atoms with Crippen molar-refractivity contribution < 1.29 is 24.3 Å². The second kappa shape index (κ2) is 14.8. The first kappa shape index (κ1) is 29.5.